The number of benzene rings is 1. The quantitative estimate of drug-likeness (QED) is 0.686. The Morgan fingerprint density at radius 2 is 2.04 bits per heavy atom. The van der Waals surface area contributed by atoms with Crippen molar-refractivity contribution in [3.8, 4) is 11.5 Å². The van der Waals surface area contributed by atoms with E-state index in [1.54, 1.807) is 12.4 Å². The zero-order chi connectivity index (χ0) is 19.5. The van der Waals surface area contributed by atoms with Gasteiger partial charge in [0.2, 0.25) is 0 Å². The highest BCUT2D eigenvalue weighted by atomic mass is 16.5. The minimum absolute atomic E-state index is 0.0982. The van der Waals surface area contributed by atoms with Crippen LogP contribution >= 0.6 is 0 Å². The molecule has 0 atom stereocenters. The summed E-state index contributed by atoms with van der Waals surface area (Å²) in [6, 6.07) is 11.5. The Labute approximate surface area is 163 Å². The van der Waals surface area contributed by atoms with Crippen LogP contribution in [-0.4, -0.2) is 32.1 Å². The predicted octanol–water partition coefficient (Wildman–Crippen LogP) is 4.45. The van der Waals surface area contributed by atoms with Crippen molar-refractivity contribution in [3.63, 3.8) is 0 Å². The van der Waals surface area contributed by atoms with Crippen molar-refractivity contribution in [2.24, 2.45) is 0 Å². The van der Waals surface area contributed by atoms with E-state index in [4.69, 9.17) is 4.52 Å². The summed E-state index contributed by atoms with van der Waals surface area (Å²) in [4.78, 5) is 23.2. The maximum Gasteiger partial charge on any atom is 0.322 e. The molecule has 1 aliphatic rings. The summed E-state index contributed by atoms with van der Waals surface area (Å²) < 4.78 is 5.31. The molecule has 4 rings (SSSR count). The first kappa shape index (κ1) is 18.2. The Hall–Kier alpha value is -3.22. The molecule has 2 amide bonds. The molecule has 2 heterocycles. The molecular formula is C21H23N5O2. The van der Waals surface area contributed by atoms with E-state index in [0.29, 0.717) is 24.3 Å². The summed E-state index contributed by atoms with van der Waals surface area (Å²) in [5, 5.41) is 6.97. The SMILES string of the molecule is CC(C)c1noc(-c2ccc(NC(=O)N(Cc3cccnc3)C3CC3)cc2)n1. The van der Waals surface area contributed by atoms with Crippen LogP contribution in [0.15, 0.2) is 53.3 Å². The number of urea groups is 1. The number of carbonyl (C=O) groups is 1. The fraction of sp³-hybridized carbons (Fsp3) is 0.333. The van der Waals surface area contributed by atoms with Gasteiger partial charge < -0.3 is 14.7 Å². The van der Waals surface area contributed by atoms with E-state index in [1.807, 2.05) is 55.1 Å². The molecule has 2 aromatic heterocycles. The number of hydrogen-bond donors (Lipinski definition) is 1. The minimum Gasteiger partial charge on any atom is -0.334 e. The first-order valence-electron chi connectivity index (χ1n) is 9.50. The fourth-order valence-corrected chi connectivity index (χ4v) is 2.92. The number of anilines is 1. The molecule has 0 unspecified atom stereocenters. The van der Waals surface area contributed by atoms with Gasteiger partial charge in [-0.25, -0.2) is 4.79 Å². The van der Waals surface area contributed by atoms with E-state index >= 15 is 0 Å². The van der Waals surface area contributed by atoms with E-state index in [9.17, 15) is 4.79 Å². The summed E-state index contributed by atoms with van der Waals surface area (Å²) in [6.07, 6.45) is 5.62. The molecule has 0 spiro atoms. The standard InChI is InChI=1S/C21H23N5O2/c1-14(2)19-24-20(28-25-19)16-5-7-17(8-6-16)23-21(27)26(18-9-10-18)13-15-4-3-11-22-12-15/h3-8,11-12,14,18H,9-10,13H2,1-2H3,(H,23,27). The van der Waals surface area contributed by atoms with Crippen molar-refractivity contribution in [3.05, 3.63) is 60.2 Å². The number of rotatable bonds is 6. The summed E-state index contributed by atoms with van der Waals surface area (Å²) >= 11 is 0. The summed E-state index contributed by atoms with van der Waals surface area (Å²) in [6.45, 7) is 4.59. The predicted molar refractivity (Wildman–Crippen MR) is 106 cm³/mol. The van der Waals surface area contributed by atoms with Crippen molar-refractivity contribution in [2.75, 3.05) is 5.32 Å². The number of pyridine rings is 1. The van der Waals surface area contributed by atoms with Crippen molar-refractivity contribution in [1.82, 2.24) is 20.0 Å². The normalized spacial score (nSPS) is 13.5. The molecule has 1 N–H and O–H groups in total. The van der Waals surface area contributed by atoms with Gasteiger partial charge in [-0.15, -0.1) is 0 Å². The lowest BCUT2D eigenvalue weighted by Gasteiger charge is -2.23. The smallest absolute Gasteiger partial charge is 0.322 e. The van der Waals surface area contributed by atoms with Gasteiger partial charge in [-0.3, -0.25) is 4.98 Å². The number of carbonyl (C=O) groups excluding carboxylic acids is 1. The van der Waals surface area contributed by atoms with Gasteiger partial charge in [0, 0.05) is 42.1 Å². The highest BCUT2D eigenvalue weighted by molar-refractivity contribution is 5.90. The third kappa shape index (κ3) is 4.19. The average Bonchev–Trinajstić information content (AvgIpc) is 3.42. The van der Waals surface area contributed by atoms with Gasteiger partial charge in [-0.1, -0.05) is 25.1 Å². The van der Waals surface area contributed by atoms with Crippen LogP contribution in [0.2, 0.25) is 0 Å². The van der Waals surface area contributed by atoms with Crippen LogP contribution < -0.4 is 5.32 Å². The first-order valence-corrected chi connectivity index (χ1v) is 9.50. The first-order chi connectivity index (χ1) is 13.6. The van der Waals surface area contributed by atoms with Crippen LogP contribution in [0.25, 0.3) is 11.5 Å². The van der Waals surface area contributed by atoms with Crippen molar-refractivity contribution in [2.45, 2.75) is 45.2 Å². The summed E-state index contributed by atoms with van der Waals surface area (Å²) in [7, 11) is 0. The number of nitrogens with one attached hydrogen (secondary N) is 1. The molecule has 7 nitrogen and oxygen atoms in total. The maximum absolute atomic E-state index is 12.8. The Kier molecular flexibility index (Phi) is 5.06. The second-order valence-corrected chi connectivity index (χ2v) is 7.34. The molecule has 3 aromatic rings. The molecule has 0 aliphatic heterocycles. The molecule has 1 saturated carbocycles. The molecule has 0 saturated heterocycles. The zero-order valence-corrected chi connectivity index (χ0v) is 16.0. The second kappa shape index (κ2) is 7.80. The van der Waals surface area contributed by atoms with Gasteiger partial charge in [0.25, 0.3) is 5.89 Å². The van der Waals surface area contributed by atoms with Gasteiger partial charge in [0.1, 0.15) is 0 Å². The molecule has 1 aromatic carbocycles. The van der Waals surface area contributed by atoms with Crippen LogP contribution in [0.5, 0.6) is 0 Å². The van der Waals surface area contributed by atoms with Crippen molar-refractivity contribution < 1.29 is 9.32 Å². The number of hydrogen-bond acceptors (Lipinski definition) is 5. The molecule has 144 valence electrons. The third-order valence-corrected chi connectivity index (χ3v) is 4.67. The van der Waals surface area contributed by atoms with Gasteiger partial charge >= 0.3 is 6.03 Å². The monoisotopic (exact) mass is 377 g/mol. The van der Waals surface area contributed by atoms with Crippen LogP contribution in [0.4, 0.5) is 10.5 Å². The Bertz CT molecular complexity index is 933. The fourth-order valence-electron chi connectivity index (χ4n) is 2.92. The lowest BCUT2D eigenvalue weighted by molar-refractivity contribution is 0.206. The van der Waals surface area contributed by atoms with Crippen molar-refractivity contribution in [1.29, 1.82) is 0 Å². The molecule has 0 radical (unpaired) electrons. The Morgan fingerprint density at radius 3 is 2.64 bits per heavy atom. The van der Waals surface area contributed by atoms with Gasteiger partial charge in [0.15, 0.2) is 5.82 Å². The highest BCUT2D eigenvalue weighted by Gasteiger charge is 2.32. The lowest BCUT2D eigenvalue weighted by atomic mass is 10.2. The van der Waals surface area contributed by atoms with E-state index in [0.717, 1.165) is 29.7 Å². The van der Waals surface area contributed by atoms with Crippen LogP contribution in [-0.2, 0) is 6.54 Å². The van der Waals surface area contributed by atoms with Gasteiger partial charge in [-0.05, 0) is 48.7 Å². The molecule has 0 bridgehead atoms. The average molecular weight is 377 g/mol. The maximum atomic E-state index is 12.8. The largest absolute Gasteiger partial charge is 0.334 e. The van der Waals surface area contributed by atoms with E-state index in [2.05, 4.69) is 20.4 Å². The summed E-state index contributed by atoms with van der Waals surface area (Å²) in [5.41, 5.74) is 2.58. The van der Waals surface area contributed by atoms with Crippen LogP contribution in [0, 0.1) is 0 Å². The topological polar surface area (TPSA) is 84.2 Å². The zero-order valence-electron chi connectivity index (χ0n) is 16.0. The van der Waals surface area contributed by atoms with E-state index in [1.165, 1.54) is 0 Å². The number of nitrogens with zero attached hydrogens (tertiary/aromatic N) is 4. The highest BCUT2D eigenvalue weighted by Crippen LogP contribution is 2.29. The number of amides is 2. The molecular weight excluding hydrogens is 354 g/mol. The van der Waals surface area contributed by atoms with E-state index in [-0.39, 0.29) is 11.9 Å². The Morgan fingerprint density at radius 1 is 1.25 bits per heavy atom. The van der Waals surface area contributed by atoms with Crippen molar-refractivity contribution >= 4 is 11.7 Å². The van der Waals surface area contributed by atoms with Crippen LogP contribution in [0.3, 0.4) is 0 Å². The Balaban J connectivity index is 1.43. The lowest BCUT2D eigenvalue weighted by Crippen LogP contribution is -2.36. The second-order valence-electron chi connectivity index (χ2n) is 7.34. The molecule has 28 heavy (non-hydrogen) atoms. The van der Waals surface area contributed by atoms with Gasteiger partial charge in [0.05, 0.1) is 0 Å². The number of aromatic nitrogens is 3. The van der Waals surface area contributed by atoms with Crippen LogP contribution in [0.1, 0.15) is 44.0 Å². The minimum atomic E-state index is -0.0982. The van der Waals surface area contributed by atoms with E-state index < -0.39 is 0 Å². The molecule has 1 aliphatic carbocycles. The summed E-state index contributed by atoms with van der Waals surface area (Å²) in [5.74, 6) is 1.38. The molecule has 1 fully saturated rings. The third-order valence-electron chi connectivity index (χ3n) is 4.67. The molecule has 7 heteroatoms. The van der Waals surface area contributed by atoms with Gasteiger partial charge in [-0.2, -0.15) is 4.98 Å².